The lowest BCUT2D eigenvalue weighted by atomic mass is 10.2. The molecule has 0 heterocycles. The predicted molar refractivity (Wildman–Crippen MR) is 67.1 cm³/mol. The molecular formula is C14H21NO. The summed E-state index contributed by atoms with van der Waals surface area (Å²) in [5.41, 5.74) is 1.20. The van der Waals surface area contributed by atoms with Crippen molar-refractivity contribution < 1.29 is 4.79 Å². The molecule has 0 fully saturated rings. The van der Waals surface area contributed by atoms with Gasteiger partial charge in [0.1, 0.15) is 0 Å². The molecule has 88 valence electrons. The van der Waals surface area contributed by atoms with E-state index in [2.05, 4.69) is 19.1 Å². The quantitative estimate of drug-likeness (QED) is 0.719. The Morgan fingerprint density at radius 2 is 1.88 bits per heavy atom. The highest BCUT2D eigenvalue weighted by molar-refractivity contribution is 5.76. The molecule has 0 aliphatic heterocycles. The van der Waals surface area contributed by atoms with Crippen LogP contribution in [0.25, 0.3) is 0 Å². The van der Waals surface area contributed by atoms with E-state index < -0.39 is 0 Å². The molecule has 0 aliphatic carbocycles. The van der Waals surface area contributed by atoms with E-state index in [-0.39, 0.29) is 5.91 Å². The number of unbranched alkanes of at least 4 members (excludes halogenated alkanes) is 1. The number of carbonyl (C=O) groups is 1. The molecule has 2 heteroatoms. The number of hydrogen-bond donors (Lipinski definition) is 0. The summed E-state index contributed by atoms with van der Waals surface area (Å²) in [5, 5.41) is 0. The lowest BCUT2D eigenvalue weighted by molar-refractivity contribution is -0.131. The summed E-state index contributed by atoms with van der Waals surface area (Å²) in [6.07, 6.45) is 2.75. The molecule has 0 unspecified atom stereocenters. The van der Waals surface area contributed by atoms with Crippen molar-refractivity contribution in [3.05, 3.63) is 35.9 Å². The van der Waals surface area contributed by atoms with Crippen molar-refractivity contribution in [1.29, 1.82) is 0 Å². The standard InChI is InChI=1S/C14H21NO/c1-3-5-11-14(16)15(4-2)12-13-9-7-6-8-10-13/h6-10H,3-5,11-12H2,1-2H3. The Labute approximate surface area is 98.3 Å². The summed E-state index contributed by atoms with van der Waals surface area (Å²) < 4.78 is 0. The van der Waals surface area contributed by atoms with Gasteiger partial charge in [-0.2, -0.15) is 0 Å². The van der Waals surface area contributed by atoms with Crippen LogP contribution < -0.4 is 0 Å². The number of hydrogen-bond acceptors (Lipinski definition) is 1. The monoisotopic (exact) mass is 219 g/mol. The van der Waals surface area contributed by atoms with Gasteiger partial charge in [0.15, 0.2) is 0 Å². The molecule has 0 radical (unpaired) electrons. The van der Waals surface area contributed by atoms with E-state index in [1.54, 1.807) is 0 Å². The van der Waals surface area contributed by atoms with E-state index in [1.807, 2.05) is 30.0 Å². The van der Waals surface area contributed by atoms with Crippen LogP contribution in [0.15, 0.2) is 30.3 Å². The van der Waals surface area contributed by atoms with E-state index in [9.17, 15) is 4.79 Å². The maximum absolute atomic E-state index is 11.9. The van der Waals surface area contributed by atoms with Gasteiger partial charge in [-0.25, -0.2) is 0 Å². The highest BCUT2D eigenvalue weighted by Gasteiger charge is 2.10. The zero-order chi connectivity index (χ0) is 11.8. The first-order chi connectivity index (χ1) is 7.77. The maximum Gasteiger partial charge on any atom is 0.222 e. The van der Waals surface area contributed by atoms with Gasteiger partial charge in [-0.3, -0.25) is 4.79 Å². The number of rotatable bonds is 6. The predicted octanol–water partition coefficient (Wildman–Crippen LogP) is 3.23. The Hall–Kier alpha value is -1.31. The SMILES string of the molecule is CCCCC(=O)N(CC)Cc1ccccc1. The second-order valence-corrected chi connectivity index (χ2v) is 4.00. The van der Waals surface area contributed by atoms with Crippen molar-refractivity contribution in [2.45, 2.75) is 39.7 Å². The van der Waals surface area contributed by atoms with Crippen molar-refractivity contribution in [1.82, 2.24) is 4.90 Å². The third-order valence-electron chi connectivity index (χ3n) is 2.69. The van der Waals surface area contributed by atoms with Crippen LogP contribution in [0.5, 0.6) is 0 Å². The lowest BCUT2D eigenvalue weighted by Gasteiger charge is -2.20. The molecule has 0 N–H and O–H groups in total. The van der Waals surface area contributed by atoms with Gasteiger partial charge in [0, 0.05) is 19.5 Å². The van der Waals surface area contributed by atoms with Crippen LogP contribution in [-0.2, 0) is 11.3 Å². The van der Waals surface area contributed by atoms with Crippen LogP contribution in [0.4, 0.5) is 0 Å². The smallest absolute Gasteiger partial charge is 0.222 e. The third-order valence-corrected chi connectivity index (χ3v) is 2.69. The Morgan fingerprint density at radius 3 is 2.44 bits per heavy atom. The normalized spacial score (nSPS) is 10.1. The van der Waals surface area contributed by atoms with Gasteiger partial charge >= 0.3 is 0 Å². The average Bonchev–Trinajstić information content (AvgIpc) is 2.34. The van der Waals surface area contributed by atoms with Crippen molar-refractivity contribution in [2.75, 3.05) is 6.54 Å². The second-order valence-electron chi connectivity index (χ2n) is 4.00. The first-order valence-corrected chi connectivity index (χ1v) is 6.09. The fourth-order valence-corrected chi connectivity index (χ4v) is 1.67. The number of carbonyl (C=O) groups excluding carboxylic acids is 1. The number of amides is 1. The minimum atomic E-state index is 0.271. The van der Waals surface area contributed by atoms with Gasteiger partial charge < -0.3 is 4.90 Å². The molecule has 0 aromatic heterocycles. The molecule has 1 aromatic rings. The molecule has 1 aromatic carbocycles. The minimum absolute atomic E-state index is 0.271. The van der Waals surface area contributed by atoms with E-state index in [0.717, 1.165) is 25.9 Å². The van der Waals surface area contributed by atoms with Gasteiger partial charge in [0.2, 0.25) is 5.91 Å². The van der Waals surface area contributed by atoms with E-state index in [4.69, 9.17) is 0 Å². The van der Waals surface area contributed by atoms with Crippen molar-refractivity contribution in [3.63, 3.8) is 0 Å². The highest BCUT2D eigenvalue weighted by Crippen LogP contribution is 2.07. The van der Waals surface area contributed by atoms with Gasteiger partial charge in [-0.15, -0.1) is 0 Å². The second kappa shape index (κ2) is 7.04. The van der Waals surface area contributed by atoms with Gasteiger partial charge in [-0.05, 0) is 18.9 Å². The molecule has 0 aliphatic rings. The molecule has 1 rings (SSSR count). The highest BCUT2D eigenvalue weighted by atomic mass is 16.2. The minimum Gasteiger partial charge on any atom is -0.339 e. The molecule has 1 amide bonds. The average molecular weight is 219 g/mol. The van der Waals surface area contributed by atoms with Gasteiger partial charge in [-0.1, -0.05) is 43.7 Å². The van der Waals surface area contributed by atoms with Gasteiger partial charge in [0.25, 0.3) is 0 Å². The maximum atomic E-state index is 11.9. The number of benzene rings is 1. The van der Waals surface area contributed by atoms with Crippen LogP contribution in [0.1, 0.15) is 38.7 Å². The molecule has 0 saturated heterocycles. The van der Waals surface area contributed by atoms with Gasteiger partial charge in [0.05, 0.1) is 0 Å². The summed E-state index contributed by atoms with van der Waals surface area (Å²) in [6, 6.07) is 10.2. The molecule has 0 atom stereocenters. The lowest BCUT2D eigenvalue weighted by Crippen LogP contribution is -2.29. The Kier molecular flexibility index (Phi) is 5.62. The first-order valence-electron chi connectivity index (χ1n) is 6.09. The molecular weight excluding hydrogens is 198 g/mol. The van der Waals surface area contributed by atoms with E-state index in [0.29, 0.717) is 6.42 Å². The molecule has 0 spiro atoms. The fraction of sp³-hybridized carbons (Fsp3) is 0.500. The Morgan fingerprint density at radius 1 is 1.19 bits per heavy atom. The molecule has 16 heavy (non-hydrogen) atoms. The first kappa shape index (κ1) is 12.8. The fourth-order valence-electron chi connectivity index (χ4n) is 1.67. The Balaban J connectivity index is 2.52. The van der Waals surface area contributed by atoms with Crippen molar-refractivity contribution in [3.8, 4) is 0 Å². The van der Waals surface area contributed by atoms with E-state index >= 15 is 0 Å². The van der Waals surface area contributed by atoms with Crippen LogP contribution in [0, 0.1) is 0 Å². The summed E-state index contributed by atoms with van der Waals surface area (Å²) in [7, 11) is 0. The zero-order valence-corrected chi connectivity index (χ0v) is 10.3. The summed E-state index contributed by atoms with van der Waals surface area (Å²) in [4.78, 5) is 13.8. The van der Waals surface area contributed by atoms with Crippen LogP contribution in [0.2, 0.25) is 0 Å². The number of nitrogens with zero attached hydrogens (tertiary/aromatic N) is 1. The molecule has 0 bridgehead atoms. The van der Waals surface area contributed by atoms with Crippen LogP contribution in [0.3, 0.4) is 0 Å². The third kappa shape index (κ3) is 4.05. The molecule has 2 nitrogen and oxygen atoms in total. The van der Waals surface area contributed by atoms with Crippen LogP contribution >= 0.6 is 0 Å². The largest absolute Gasteiger partial charge is 0.339 e. The molecule has 0 saturated carbocycles. The summed E-state index contributed by atoms with van der Waals surface area (Å²) in [5.74, 6) is 0.271. The van der Waals surface area contributed by atoms with Crippen molar-refractivity contribution >= 4 is 5.91 Å². The zero-order valence-electron chi connectivity index (χ0n) is 10.3. The topological polar surface area (TPSA) is 20.3 Å². The summed E-state index contributed by atoms with van der Waals surface area (Å²) in [6.45, 7) is 5.67. The van der Waals surface area contributed by atoms with E-state index in [1.165, 1.54) is 5.56 Å². The van der Waals surface area contributed by atoms with Crippen molar-refractivity contribution in [2.24, 2.45) is 0 Å². The van der Waals surface area contributed by atoms with Crippen LogP contribution in [-0.4, -0.2) is 17.4 Å². The summed E-state index contributed by atoms with van der Waals surface area (Å²) >= 11 is 0. The Bertz CT molecular complexity index is 308.